The molecule has 20 heavy (non-hydrogen) atoms. The molecule has 0 aromatic heterocycles. The molecule has 0 amide bonds. The maximum absolute atomic E-state index is 5.86. The van der Waals surface area contributed by atoms with Crippen molar-refractivity contribution in [3.05, 3.63) is 30.3 Å². The number of para-hydroxylation sites is 1. The average Bonchev–Trinajstić information content (AvgIpc) is 2.48. The fourth-order valence-electron chi connectivity index (χ4n) is 2.53. The molecule has 114 valence electrons. The minimum Gasteiger partial charge on any atom is -0.491 e. The predicted octanol–water partition coefficient (Wildman–Crippen LogP) is 5.06. The largest absolute Gasteiger partial charge is 0.491 e. The van der Waals surface area contributed by atoms with Crippen LogP contribution in [0, 0.1) is 5.41 Å². The van der Waals surface area contributed by atoms with Gasteiger partial charge in [0.25, 0.3) is 0 Å². The number of benzene rings is 1. The molecular weight excluding hydrogens is 316 g/mol. The van der Waals surface area contributed by atoms with Crippen LogP contribution in [0.4, 0.5) is 0 Å². The Hall–Kier alpha value is -0.540. The molecule has 0 saturated carbocycles. The van der Waals surface area contributed by atoms with Crippen molar-refractivity contribution in [2.45, 2.75) is 39.5 Å². The molecule has 1 aromatic rings. The molecule has 0 aliphatic carbocycles. The molecule has 0 atom stereocenters. The number of halogens is 1. The van der Waals surface area contributed by atoms with Gasteiger partial charge in [0.05, 0.1) is 13.2 Å². The standard InChI is InChI=1S/C17H27BrO2/c1-3-10-17(14-18,11-4-2)15-19-12-13-20-16-8-6-5-7-9-16/h5-9H,3-4,10-15H2,1-2H3. The lowest BCUT2D eigenvalue weighted by Crippen LogP contribution is -2.29. The van der Waals surface area contributed by atoms with E-state index in [2.05, 4.69) is 29.8 Å². The fraction of sp³-hybridized carbons (Fsp3) is 0.647. The van der Waals surface area contributed by atoms with Crippen molar-refractivity contribution in [1.82, 2.24) is 0 Å². The molecular formula is C17H27BrO2. The van der Waals surface area contributed by atoms with E-state index in [9.17, 15) is 0 Å². The molecule has 0 unspecified atom stereocenters. The first-order valence-corrected chi connectivity index (χ1v) is 8.70. The molecule has 0 aliphatic heterocycles. The van der Waals surface area contributed by atoms with Crippen molar-refractivity contribution in [2.75, 3.05) is 25.2 Å². The number of rotatable bonds is 11. The van der Waals surface area contributed by atoms with E-state index >= 15 is 0 Å². The number of alkyl halides is 1. The Morgan fingerprint density at radius 3 is 2.20 bits per heavy atom. The number of ether oxygens (including phenoxy) is 2. The monoisotopic (exact) mass is 342 g/mol. The molecule has 0 fully saturated rings. The molecule has 0 bridgehead atoms. The van der Waals surface area contributed by atoms with Crippen LogP contribution < -0.4 is 4.74 Å². The van der Waals surface area contributed by atoms with Crippen molar-refractivity contribution in [2.24, 2.45) is 5.41 Å². The maximum Gasteiger partial charge on any atom is 0.119 e. The molecule has 0 aliphatic rings. The molecule has 1 aromatic carbocycles. The number of hydrogen-bond donors (Lipinski definition) is 0. The van der Waals surface area contributed by atoms with Gasteiger partial charge in [0.1, 0.15) is 12.4 Å². The van der Waals surface area contributed by atoms with Crippen LogP contribution in [0.25, 0.3) is 0 Å². The first kappa shape index (κ1) is 17.5. The molecule has 0 spiro atoms. The van der Waals surface area contributed by atoms with Crippen LogP contribution in [0.5, 0.6) is 5.75 Å². The normalized spacial score (nSPS) is 11.6. The van der Waals surface area contributed by atoms with Crippen molar-refractivity contribution in [3.8, 4) is 5.75 Å². The summed E-state index contributed by atoms with van der Waals surface area (Å²) in [5, 5.41) is 1.02. The van der Waals surface area contributed by atoms with Gasteiger partial charge in [-0.05, 0) is 25.0 Å². The lowest BCUT2D eigenvalue weighted by Gasteiger charge is -2.31. The SMILES string of the molecule is CCCC(CBr)(CCC)COCCOc1ccccc1. The summed E-state index contributed by atoms with van der Waals surface area (Å²) >= 11 is 3.67. The zero-order valence-corrected chi connectivity index (χ0v) is 14.3. The number of hydrogen-bond acceptors (Lipinski definition) is 2. The highest BCUT2D eigenvalue weighted by Crippen LogP contribution is 2.32. The van der Waals surface area contributed by atoms with E-state index in [1.807, 2.05) is 30.3 Å². The van der Waals surface area contributed by atoms with Crippen LogP contribution in [-0.2, 0) is 4.74 Å². The predicted molar refractivity (Wildman–Crippen MR) is 88.8 cm³/mol. The van der Waals surface area contributed by atoms with Gasteiger partial charge in [-0.15, -0.1) is 0 Å². The van der Waals surface area contributed by atoms with E-state index in [1.165, 1.54) is 25.7 Å². The third-order valence-corrected chi connectivity index (χ3v) is 4.68. The molecule has 0 radical (unpaired) electrons. The third-order valence-electron chi connectivity index (χ3n) is 3.49. The van der Waals surface area contributed by atoms with Crippen LogP contribution in [0.15, 0.2) is 30.3 Å². The highest BCUT2D eigenvalue weighted by molar-refractivity contribution is 9.09. The van der Waals surface area contributed by atoms with Crippen LogP contribution in [0.1, 0.15) is 39.5 Å². The van der Waals surface area contributed by atoms with Crippen molar-refractivity contribution in [1.29, 1.82) is 0 Å². The minimum absolute atomic E-state index is 0.288. The summed E-state index contributed by atoms with van der Waals surface area (Å²) < 4.78 is 11.5. The Kier molecular flexibility index (Phi) is 8.95. The van der Waals surface area contributed by atoms with Crippen LogP contribution in [0.2, 0.25) is 0 Å². The molecule has 1 rings (SSSR count). The average molecular weight is 343 g/mol. The van der Waals surface area contributed by atoms with Gasteiger partial charge in [0.15, 0.2) is 0 Å². The fourth-order valence-corrected chi connectivity index (χ4v) is 3.25. The van der Waals surface area contributed by atoms with Gasteiger partial charge in [-0.3, -0.25) is 0 Å². The van der Waals surface area contributed by atoms with E-state index in [4.69, 9.17) is 9.47 Å². The Morgan fingerprint density at radius 1 is 1.00 bits per heavy atom. The summed E-state index contributed by atoms with van der Waals surface area (Å²) in [6.45, 7) is 6.56. The Labute approximate surface area is 132 Å². The van der Waals surface area contributed by atoms with E-state index in [-0.39, 0.29) is 5.41 Å². The lowest BCUT2D eigenvalue weighted by atomic mass is 9.82. The molecule has 3 heteroatoms. The summed E-state index contributed by atoms with van der Waals surface area (Å²) in [6, 6.07) is 9.89. The zero-order chi connectivity index (χ0) is 14.7. The van der Waals surface area contributed by atoms with Crippen LogP contribution >= 0.6 is 15.9 Å². The van der Waals surface area contributed by atoms with Gasteiger partial charge < -0.3 is 9.47 Å². The van der Waals surface area contributed by atoms with Gasteiger partial charge in [0, 0.05) is 10.7 Å². The van der Waals surface area contributed by atoms with Gasteiger partial charge >= 0.3 is 0 Å². The highest BCUT2D eigenvalue weighted by atomic mass is 79.9. The Balaban J connectivity index is 2.26. The smallest absolute Gasteiger partial charge is 0.119 e. The van der Waals surface area contributed by atoms with E-state index in [1.54, 1.807) is 0 Å². The molecule has 0 heterocycles. The molecule has 0 N–H and O–H groups in total. The zero-order valence-electron chi connectivity index (χ0n) is 12.7. The topological polar surface area (TPSA) is 18.5 Å². The Morgan fingerprint density at radius 2 is 1.65 bits per heavy atom. The highest BCUT2D eigenvalue weighted by Gasteiger charge is 2.27. The Bertz CT molecular complexity index is 334. The first-order chi connectivity index (χ1) is 9.76. The van der Waals surface area contributed by atoms with Crippen molar-refractivity contribution in [3.63, 3.8) is 0 Å². The van der Waals surface area contributed by atoms with Gasteiger partial charge in [0.2, 0.25) is 0 Å². The maximum atomic E-state index is 5.86. The summed E-state index contributed by atoms with van der Waals surface area (Å²) in [4.78, 5) is 0. The third kappa shape index (κ3) is 6.27. The van der Waals surface area contributed by atoms with Gasteiger partial charge in [-0.1, -0.05) is 60.8 Å². The summed E-state index contributed by atoms with van der Waals surface area (Å²) in [5.74, 6) is 0.907. The quantitative estimate of drug-likeness (QED) is 0.413. The second kappa shape index (κ2) is 10.2. The van der Waals surface area contributed by atoms with E-state index in [0.29, 0.717) is 13.2 Å². The van der Waals surface area contributed by atoms with Gasteiger partial charge in [-0.2, -0.15) is 0 Å². The lowest BCUT2D eigenvalue weighted by molar-refractivity contribution is 0.0304. The molecule has 2 nitrogen and oxygen atoms in total. The van der Waals surface area contributed by atoms with Gasteiger partial charge in [-0.25, -0.2) is 0 Å². The van der Waals surface area contributed by atoms with E-state index < -0.39 is 0 Å². The van der Waals surface area contributed by atoms with Crippen LogP contribution in [-0.4, -0.2) is 25.2 Å². The van der Waals surface area contributed by atoms with Crippen LogP contribution in [0.3, 0.4) is 0 Å². The van der Waals surface area contributed by atoms with Crippen molar-refractivity contribution >= 4 is 15.9 Å². The van der Waals surface area contributed by atoms with Crippen molar-refractivity contribution < 1.29 is 9.47 Å². The van der Waals surface area contributed by atoms with E-state index in [0.717, 1.165) is 17.7 Å². The molecule has 0 saturated heterocycles. The summed E-state index contributed by atoms with van der Waals surface area (Å²) in [6.07, 6.45) is 4.84. The second-order valence-corrected chi connectivity index (χ2v) is 5.91. The summed E-state index contributed by atoms with van der Waals surface area (Å²) in [7, 11) is 0. The summed E-state index contributed by atoms with van der Waals surface area (Å²) in [5.41, 5.74) is 0.288. The minimum atomic E-state index is 0.288. The second-order valence-electron chi connectivity index (χ2n) is 5.35. The first-order valence-electron chi connectivity index (χ1n) is 7.58.